The van der Waals surface area contributed by atoms with Gasteiger partial charge in [0.25, 0.3) is 5.70 Å². The Morgan fingerprint density at radius 3 is 2.76 bits per heavy atom. The number of hydrogen-bond acceptors (Lipinski definition) is 6. The molecule has 1 aliphatic heterocycles. The maximum absolute atomic E-state index is 12.1. The molecule has 1 N–H and O–H groups in total. The number of hydrogen-bond donors (Lipinski definition) is 1. The van der Waals surface area contributed by atoms with Gasteiger partial charge in [0.05, 0.1) is 12.0 Å². The molecular weight excluding hydrogens is 266 g/mol. The van der Waals surface area contributed by atoms with Crippen molar-refractivity contribution in [2.24, 2.45) is 0 Å². The Balaban J connectivity index is 2.76. The number of nitrogens with zero attached hydrogens (tertiary/aromatic N) is 1. The fraction of sp³-hybridized carbons (Fsp3) is 0.222. The molecule has 6 nitrogen and oxygen atoms in total. The molecule has 8 heteroatoms. The molecule has 1 atom stereocenters. The van der Waals surface area contributed by atoms with Crippen LogP contribution in [0.25, 0.3) is 6.08 Å². The number of likely N-dealkylation sites (N-methyl/N-ethyl adjacent to an activating group) is 1. The quantitative estimate of drug-likeness (QED) is 0.606. The summed E-state index contributed by atoms with van der Waals surface area (Å²) in [6.45, 7) is 0. The summed E-state index contributed by atoms with van der Waals surface area (Å²) in [5.74, 6) is -0.877. The molecule has 0 fully saturated rings. The minimum absolute atomic E-state index is 0.0140. The Morgan fingerprint density at radius 2 is 2.18 bits per heavy atom. The van der Waals surface area contributed by atoms with Crippen LogP contribution in [0.2, 0.25) is 0 Å². The first-order valence-corrected chi connectivity index (χ1v) is 6.87. The number of rotatable bonds is 1. The van der Waals surface area contributed by atoms with Crippen LogP contribution in [0.3, 0.4) is 0 Å². The summed E-state index contributed by atoms with van der Waals surface area (Å²) in [6.07, 6.45) is 1.33. The van der Waals surface area contributed by atoms with E-state index >= 15 is 0 Å². The average molecular weight is 276 g/mol. The van der Waals surface area contributed by atoms with E-state index in [0.717, 1.165) is 14.2 Å². The van der Waals surface area contributed by atoms with Crippen molar-refractivity contribution in [3.63, 3.8) is 0 Å². The number of sulfonamides is 1. The fourth-order valence-electron chi connectivity index (χ4n) is 1.53. The molecule has 1 aliphatic rings. The Bertz CT molecular complexity index is 611. The van der Waals surface area contributed by atoms with Gasteiger partial charge in [-0.1, -0.05) is 0 Å². The van der Waals surface area contributed by atoms with Gasteiger partial charge < -0.3 is 4.74 Å². The summed E-state index contributed by atoms with van der Waals surface area (Å²) in [5, 5.41) is 11.6. The molecule has 92 valence electrons. The minimum atomic E-state index is -4.05. The van der Waals surface area contributed by atoms with Gasteiger partial charge in [-0.2, -0.15) is 13.6 Å². The first kappa shape index (κ1) is 12.2. The monoisotopic (exact) mass is 276 g/mol. The first-order chi connectivity index (χ1) is 7.82. The molecule has 0 amide bonds. The van der Waals surface area contributed by atoms with E-state index < -0.39 is 20.0 Å². The van der Waals surface area contributed by atoms with Gasteiger partial charge in [-0.05, 0) is 15.5 Å². The predicted molar refractivity (Wildman–Crippen MR) is 59.5 cm³/mol. The van der Waals surface area contributed by atoms with Gasteiger partial charge in [0.15, 0.2) is 0 Å². The van der Waals surface area contributed by atoms with Crippen LogP contribution in [0.5, 0.6) is 0 Å². The number of carbonyl (C=O) groups is 1. The smallest absolute Gasteiger partial charge is 0.397 e. The molecule has 0 aromatic carbocycles. The van der Waals surface area contributed by atoms with Crippen LogP contribution in [0.1, 0.15) is 4.88 Å². The van der Waals surface area contributed by atoms with Gasteiger partial charge in [0, 0.05) is 6.08 Å². The summed E-state index contributed by atoms with van der Waals surface area (Å²) in [4.78, 5) is 11.9. The molecule has 0 saturated carbocycles. The lowest BCUT2D eigenvalue weighted by molar-refractivity contribution is -0.949. The van der Waals surface area contributed by atoms with Crippen LogP contribution in [-0.2, 0) is 19.6 Å². The van der Waals surface area contributed by atoms with E-state index in [9.17, 15) is 18.4 Å². The molecule has 0 aliphatic carbocycles. The van der Waals surface area contributed by atoms with Crippen LogP contribution in [0, 0.1) is 0 Å². The van der Waals surface area contributed by atoms with E-state index in [1.54, 1.807) is 5.38 Å². The van der Waals surface area contributed by atoms with Gasteiger partial charge in [0.1, 0.15) is 11.9 Å². The molecule has 1 aromatic heterocycles. The van der Waals surface area contributed by atoms with Crippen molar-refractivity contribution in [2.45, 2.75) is 4.90 Å². The lowest BCUT2D eigenvalue weighted by Gasteiger charge is -2.27. The van der Waals surface area contributed by atoms with Gasteiger partial charge >= 0.3 is 16.0 Å². The number of thiophene rings is 1. The topological polar surface area (TPSA) is 80.7 Å². The molecule has 1 unspecified atom stereocenters. The van der Waals surface area contributed by atoms with Crippen LogP contribution >= 0.6 is 11.3 Å². The lowest BCUT2D eigenvalue weighted by Crippen LogP contribution is -2.49. The van der Waals surface area contributed by atoms with Gasteiger partial charge in [-0.3, -0.25) is 0 Å². The highest BCUT2D eigenvalue weighted by Crippen LogP contribution is 2.37. The largest absolute Gasteiger partial charge is 0.461 e. The number of quaternary nitrogens is 1. The number of methoxy groups -OCH3 is 1. The summed E-state index contributed by atoms with van der Waals surface area (Å²) < 4.78 is 27.1. The van der Waals surface area contributed by atoms with Crippen LogP contribution < -0.4 is 0 Å². The van der Waals surface area contributed by atoms with Crippen molar-refractivity contribution in [1.29, 1.82) is 0 Å². The van der Waals surface area contributed by atoms with Crippen LogP contribution in [0.15, 0.2) is 22.0 Å². The molecule has 0 radical (unpaired) electrons. The second kappa shape index (κ2) is 3.64. The van der Waals surface area contributed by atoms with Crippen molar-refractivity contribution in [1.82, 2.24) is 0 Å². The zero-order chi connectivity index (χ0) is 12.8. The summed E-state index contributed by atoms with van der Waals surface area (Å²) in [5.41, 5.74) is -0.331. The first-order valence-electron chi connectivity index (χ1n) is 4.55. The van der Waals surface area contributed by atoms with E-state index in [0.29, 0.717) is 4.88 Å². The van der Waals surface area contributed by atoms with Crippen LogP contribution in [-0.4, -0.2) is 37.8 Å². The number of ether oxygens (including phenoxy) is 1. The molecule has 0 saturated heterocycles. The van der Waals surface area contributed by atoms with E-state index in [1.807, 2.05) is 0 Å². The standard InChI is InChI=1S/C9H10NO5S2/c1-10(12)6(9(11)15-2)5-7-8(3-4-16-7)17(10,13)14/h3-5,12H,1-2H3/q+1. The van der Waals surface area contributed by atoms with Crippen molar-refractivity contribution in [2.75, 3.05) is 14.2 Å². The van der Waals surface area contributed by atoms with Crippen molar-refractivity contribution < 1.29 is 27.2 Å². The zero-order valence-electron chi connectivity index (χ0n) is 9.08. The Labute approximate surface area is 102 Å². The van der Waals surface area contributed by atoms with Gasteiger partial charge in [-0.25, -0.2) is 4.79 Å². The average Bonchev–Trinajstić information content (AvgIpc) is 2.71. The Kier molecular flexibility index (Phi) is 2.62. The van der Waals surface area contributed by atoms with E-state index in [-0.39, 0.29) is 10.6 Å². The number of esters is 1. The van der Waals surface area contributed by atoms with E-state index in [1.165, 1.54) is 23.5 Å². The Morgan fingerprint density at radius 1 is 1.53 bits per heavy atom. The molecule has 1 aromatic rings. The molecule has 2 heterocycles. The third-order valence-electron chi connectivity index (χ3n) is 2.51. The predicted octanol–water partition coefficient (Wildman–Crippen LogP) is 0.800. The number of fused-ring (bicyclic) bond motifs is 1. The van der Waals surface area contributed by atoms with Crippen LogP contribution in [0.4, 0.5) is 0 Å². The van der Waals surface area contributed by atoms with Gasteiger partial charge in [-0.15, -0.1) is 11.3 Å². The molecule has 0 spiro atoms. The maximum atomic E-state index is 12.1. The summed E-state index contributed by atoms with van der Waals surface area (Å²) in [6, 6.07) is 1.40. The molecule has 2 rings (SSSR count). The third kappa shape index (κ3) is 1.53. The molecule has 0 bridgehead atoms. The van der Waals surface area contributed by atoms with E-state index in [4.69, 9.17) is 0 Å². The maximum Gasteiger partial charge on any atom is 0.397 e. The summed E-state index contributed by atoms with van der Waals surface area (Å²) in [7, 11) is -1.91. The van der Waals surface area contributed by atoms with Crippen molar-refractivity contribution in [3.8, 4) is 0 Å². The summed E-state index contributed by atoms with van der Waals surface area (Å²) >= 11 is 1.18. The third-order valence-corrected chi connectivity index (χ3v) is 5.55. The highest BCUT2D eigenvalue weighted by Gasteiger charge is 2.51. The highest BCUT2D eigenvalue weighted by molar-refractivity contribution is 7.86. The highest BCUT2D eigenvalue weighted by atomic mass is 32.2. The van der Waals surface area contributed by atoms with Gasteiger partial charge in [0.2, 0.25) is 0 Å². The molecular formula is C9H10NO5S2+. The minimum Gasteiger partial charge on any atom is -0.461 e. The Hall–Kier alpha value is -1.22. The van der Waals surface area contributed by atoms with E-state index in [2.05, 4.69) is 4.74 Å². The van der Waals surface area contributed by atoms with Crippen molar-refractivity contribution in [3.05, 3.63) is 22.0 Å². The molecule has 17 heavy (non-hydrogen) atoms. The second-order valence-electron chi connectivity index (χ2n) is 3.52. The lowest BCUT2D eigenvalue weighted by atomic mass is 10.3. The van der Waals surface area contributed by atoms with Crippen molar-refractivity contribution >= 4 is 33.4 Å². The normalized spacial score (nSPS) is 25.9. The SMILES string of the molecule is COC(=O)C1=Cc2sccc2S(=O)(=O)[N+]1(C)O. The second-order valence-corrected chi connectivity index (χ2v) is 6.57. The number of hydroxylamine groups is 2. The zero-order valence-corrected chi connectivity index (χ0v) is 10.7. The number of carbonyl (C=O) groups excluding carboxylic acids is 1. The fourth-order valence-corrected chi connectivity index (χ4v) is 4.11.